The number of para-hydroxylation sites is 1. The molecule has 210 valence electrons. The summed E-state index contributed by atoms with van der Waals surface area (Å²) in [6.07, 6.45) is 5.49. The number of aryl methyl sites for hydroxylation is 1. The molecule has 0 bridgehead atoms. The van der Waals surface area contributed by atoms with Crippen molar-refractivity contribution in [1.82, 2.24) is 24.9 Å². The lowest BCUT2D eigenvalue weighted by Gasteiger charge is -2.21. The number of carbonyl (C=O) groups excluding carboxylic acids is 2. The van der Waals surface area contributed by atoms with Crippen molar-refractivity contribution in [3.8, 4) is 16.9 Å². The summed E-state index contributed by atoms with van der Waals surface area (Å²) in [5.74, 6) is -1.25. The van der Waals surface area contributed by atoms with Gasteiger partial charge in [-0.15, -0.1) is 0 Å². The summed E-state index contributed by atoms with van der Waals surface area (Å²) < 4.78 is 36.2. The van der Waals surface area contributed by atoms with Gasteiger partial charge < -0.3 is 14.2 Å². The monoisotopic (exact) mass is 558 g/mol. The van der Waals surface area contributed by atoms with E-state index in [1.807, 2.05) is 57.4 Å². The van der Waals surface area contributed by atoms with Crippen LogP contribution >= 0.6 is 0 Å². The SMILES string of the molecule is COCC(C(=O)OS(C)(=O)=O)[C@H]1C[C@@H](C)[C@H](NC(=O)Nc2c(C)c(-c3cnn(C)c3)nn2-c2ccccc2)C1. The maximum Gasteiger partial charge on any atom is 0.327 e. The Bertz CT molecular complexity index is 1430. The molecule has 0 saturated heterocycles. The first kappa shape index (κ1) is 28.3. The van der Waals surface area contributed by atoms with Gasteiger partial charge in [-0.05, 0) is 43.7 Å². The summed E-state index contributed by atoms with van der Waals surface area (Å²) in [5.41, 5.74) is 3.09. The zero-order valence-corrected chi connectivity index (χ0v) is 23.4. The third-order valence-electron chi connectivity index (χ3n) is 7.02. The van der Waals surface area contributed by atoms with Crippen molar-refractivity contribution in [2.75, 3.05) is 25.3 Å². The van der Waals surface area contributed by atoms with Gasteiger partial charge in [-0.25, -0.2) is 9.48 Å². The molecule has 39 heavy (non-hydrogen) atoms. The van der Waals surface area contributed by atoms with Crippen molar-refractivity contribution in [3.05, 3.63) is 48.3 Å². The lowest BCUT2D eigenvalue weighted by molar-refractivity contribution is -0.142. The maximum atomic E-state index is 13.2. The highest BCUT2D eigenvalue weighted by Crippen LogP contribution is 2.37. The predicted molar refractivity (Wildman–Crippen MR) is 145 cm³/mol. The number of amides is 2. The van der Waals surface area contributed by atoms with Gasteiger partial charge in [0, 0.05) is 37.5 Å². The van der Waals surface area contributed by atoms with Crippen LogP contribution in [0.15, 0.2) is 42.7 Å². The van der Waals surface area contributed by atoms with E-state index >= 15 is 0 Å². The van der Waals surface area contributed by atoms with Crippen LogP contribution in [0, 0.1) is 24.7 Å². The van der Waals surface area contributed by atoms with Crippen molar-refractivity contribution in [2.45, 2.75) is 32.7 Å². The minimum atomic E-state index is -3.94. The van der Waals surface area contributed by atoms with E-state index in [1.165, 1.54) is 7.11 Å². The number of methoxy groups -OCH3 is 1. The first-order valence-electron chi connectivity index (χ1n) is 12.6. The minimum absolute atomic E-state index is 0.0250. The van der Waals surface area contributed by atoms with Gasteiger partial charge in [0.1, 0.15) is 11.5 Å². The molecule has 2 heterocycles. The molecular weight excluding hydrogens is 524 g/mol. The number of rotatable bonds is 9. The molecule has 1 aliphatic carbocycles. The Morgan fingerprint density at radius 2 is 1.92 bits per heavy atom. The van der Waals surface area contributed by atoms with Gasteiger partial charge in [0.15, 0.2) is 0 Å². The number of benzene rings is 1. The van der Waals surface area contributed by atoms with Crippen LogP contribution in [0.2, 0.25) is 0 Å². The number of aromatic nitrogens is 4. The fraction of sp³-hybridized carbons (Fsp3) is 0.462. The van der Waals surface area contributed by atoms with Crippen LogP contribution in [0.4, 0.5) is 10.6 Å². The number of carbonyl (C=O) groups is 2. The van der Waals surface area contributed by atoms with Crippen molar-refractivity contribution < 1.29 is 26.9 Å². The Labute approximate surface area is 227 Å². The molecule has 1 aromatic carbocycles. The molecule has 1 unspecified atom stereocenters. The van der Waals surface area contributed by atoms with Crippen LogP contribution in [0.25, 0.3) is 16.9 Å². The molecule has 2 N–H and O–H groups in total. The third-order valence-corrected chi connectivity index (χ3v) is 7.49. The molecule has 3 aromatic rings. The normalized spacial score (nSPS) is 20.0. The zero-order chi connectivity index (χ0) is 28.3. The number of urea groups is 1. The van der Waals surface area contributed by atoms with Gasteiger partial charge in [-0.1, -0.05) is 25.1 Å². The van der Waals surface area contributed by atoms with E-state index in [4.69, 9.17) is 9.84 Å². The van der Waals surface area contributed by atoms with E-state index < -0.39 is 28.0 Å². The Hall–Kier alpha value is -3.71. The minimum Gasteiger partial charge on any atom is -0.384 e. The Morgan fingerprint density at radius 1 is 1.21 bits per heavy atom. The topological polar surface area (TPSA) is 146 Å². The molecule has 1 saturated carbocycles. The largest absolute Gasteiger partial charge is 0.384 e. The number of hydrogen-bond donors (Lipinski definition) is 2. The highest BCUT2D eigenvalue weighted by molar-refractivity contribution is 7.86. The Kier molecular flexibility index (Phi) is 8.40. The second-order valence-corrected chi connectivity index (χ2v) is 11.6. The predicted octanol–water partition coefficient (Wildman–Crippen LogP) is 2.88. The van der Waals surface area contributed by atoms with Crippen molar-refractivity contribution in [1.29, 1.82) is 0 Å². The first-order valence-corrected chi connectivity index (χ1v) is 14.4. The third kappa shape index (κ3) is 6.66. The highest BCUT2D eigenvalue weighted by atomic mass is 32.2. The van der Waals surface area contributed by atoms with Crippen LogP contribution in [0.1, 0.15) is 25.3 Å². The van der Waals surface area contributed by atoms with Crippen LogP contribution in [0.5, 0.6) is 0 Å². The summed E-state index contributed by atoms with van der Waals surface area (Å²) in [5, 5.41) is 15.0. The van der Waals surface area contributed by atoms with Crippen LogP contribution < -0.4 is 10.6 Å². The van der Waals surface area contributed by atoms with Crippen LogP contribution in [-0.4, -0.2) is 66.0 Å². The van der Waals surface area contributed by atoms with Gasteiger partial charge >= 0.3 is 22.1 Å². The molecule has 0 aliphatic heterocycles. The maximum absolute atomic E-state index is 13.2. The van der Waals surface area contributed by atoms with Gasteiger partial charge in [0.05, 0.1) is 30.7 Å². The highest BCUT2D eigenvalue weighted by Gasteiger charge is 2.41. The summed E-state index contributed by atoms with van der Waals surface area (Å²) in [6, 6.07) is 8.84. The number of anilines is 1. The molecule has 4 rings (SSSR count). The van der Waals surface area contributed by atoms with E-state index in [-0.39, 0.29) is 24.5 Å². The van der Waals surface area contributed by atoms with Gasteiger partial charge in [0.2, 0.25) is 0 Å². The van der Waals surface area contributed by atoms with Crippen molar-refractivity contribution in [2.24, 2.45) is 24.8 Å². The molecule has 2 amide bonds. The van der Waals surface area contributed by atoms with Crippen LogP contribution in [-0.2, 0) is 30.9 Å². The molecule has 2 aromatic heterocycles. The molecular formula is C26H34N6O6S. The lowest BCUT2D eigenvalue weighted by atomic mass is 9.91. The van der Waals surface area contributed by atoms with Crippen molar-refractivity contribution >= 4 is 27.9 Å². The molecule has 0 radical (unpaired) electrons. The van der Waals surface area contributed by atoms with E-state index in [9.17, 15) is 18.0 Å². The van der Waals surface area contributed by atoms with Gasteiger partial charge in [-0.2, -0.15) is 18.6 Å². The molecule has 12 nitrogen and oxygen atoms in total. The summed E-state index contributed by atoms with van der Waals surface area (Å²) >= 11 is 0. The summed E-state index contributed by atoms with van der Waals surface area (Å²) in [6.45, 7) is 3.90. The number of nitrogens with one attached hydrogen (secondary N) is 2. The molecule has 1 fully saturated rings. The number of hydrogen-bond acceptors (Lipinski definition) is 8. The Morgan fingerprint density at radius 3 is 2.54 bits per heavy atom. The number of nitrogens with zero attached hydrogens (tertiary/aromatic N) is 4. The van der Waals surface area contributed by atoms with E-state index in [0.29, 0.717) is 24.4 Å². The average molecular weight is 559 g/mol. The van der Waals surface area contributed by atoms with E-state index in [0.717, 1.165) is 23.1 Å². The van der Waals surface area contributed by atoms with Gasteiger partial charge in [0.25, 0.3) is 0 Å². The molecule has 0 spiro atoms. The fourth-order valence-electron chi connectivity index (χ4n) is 5.14. The zero-order valence-electron chi connectivity index (χ0n) is 22.6. The smallest absolute Gasteiger partial charge is 0.327 e. The second-order valence-electron chi connectivity index (χ2n) is 10.1. The number of ether oxygens (including phenoxy) is 1. The summed E-state index contributed by atoms with van der Waals surface area (Å²) in [7, 11) is -0.671. The van der Waals surface area contributed by atoms with Crippen molar-refractivity contribution in [3.63, 3.8) is 0 Å². The fourth-order valence-corrected chi connectivity index (χ4v) is 5.56. The second kappa shape index (κ2) is 11.6. The molecule has 13 heteroatoms. The first-order chi connectivity index (χ1) is 18.5. The molecule has 1 aliphatic rings. The quantitative estimate of drug-likeness (QED) is 0.381. The standard InChI is InChI=1S/C26H34N6O6S/c1-16-11-18(21(15-37-4)25(33)38-39(5,35)36)12-22(16)28-26(34)29-24-17(2)23(19-13-27-31(3)14-19)30-32(24)20-9-7-6-8-10-20/h6-10,13-14,16,18,21-22H,11-12,15H2,1-5H3,(H2,28,29,34)/t16-,18+,21?,22-/m1/s1. The van der Waals surface area contributed by atoms with E-state index in [1.54, 1.807) is 15.6 Å². The van der Waals surface area contributed by atoms with Crippen LogP contribution in [0.3, 0.4) is 0 Å². The average Bonchev–Trinajstić information content (AvgIpc) is 3.54. The van der Waals surface area contributed by atoms with Gasteiger partial charge in [-0.3, -0.25) is 14.8 Å². The molecule has 4 atom stereocenters. The van der Waals surface area contributed by atoms with E-state index in [2.05, 4.69) is 19.9 Å². The summed E-state index contributed by atoms with van der Waals surface area (Å²) in [4.78, 5) is 25.8. The lowest BCUT2D eigenvalue weighted by Crippen LogP contribution is -2.40. The Balaban J connectivity index is 1.52.